The minimum atomic E-state index is -0.0561. The highest BCUT2D eigenvalue weighted by molar-refractivity contribution is 5.87. The molecule has 1 aliphatic heterocycles. The normalized spacial score (nSPS) is 13.8. The van der Waals surface area contributed by atoms with Crippen molar-refractivity contribution in [2.45, 2.75) is 13.0 Å². The largest absolute Gasteiger partial charge is 0.350 e. The van der Waals surface area contributed by atoms with Gasteiger partial charge in [0.1, 0.15) is 12.1 Å². The summed E-state index contributed by atoms with van der Waals surface area (Å²) in [7, 11) is 0. The summed E-state index contributed by atoms with van der Waals surface area (Å²) in [5, 5.41) is 5.38. The van der Waals surface area contributed by atoms with Gasteiger partial charge >= 0.3 is 0 Å². The second-order valence-corrected chi connectivity index (χ2v) is 6.15. The Morgan fingerprint density at radius 3 is 2.85 bits per heavy atom. The van der Waals surface area contributed by atoms with Crippen LogP contribution < -0.4 is 10.5 Å². The Morgan fingerprint density at radius 2 is 1.96 bits per heavy atom. The van der Waals surface area contributed by atoms with Crippen LogP contribution in [0, 0.1) is 0 Å². The summed E-state index contributed by atoms with van der Waals surface area (Å²) in [4.78, 5) is 29.9. The number of para-hydroxylation sites is 1. The molecule has 4 heterocycles. The third-order valence-corrected chi connectivity index (χ3v) is 4.66. The zero-order valence-corrected chi connectivity index (χ0v) is 13.8. The first-order valence-electron chi connectivity index (χ1n) is 8.36. The molecule has 8 heteroatoms. The zero-order valence-electron chi connectivity index (χ0n) is 13.8. The van der Waals surface area contributed by atoms with E-state index in [4.69, 9.17) is 0 Å². The summed E-state index contributed by atoms with van der Waals surface area (Å²) in [6, 6.07) is 9.88. The van der Waals surface area contributed by atoms with E-state index in [9.17, 15) is 4.79 Å². The van der Waals surface area contributed by atoms with E-state index in [0.29, 0.717) is 19.5 Å². The van der Waals surface area contributed by atoms with E-state index in [2.05, 4.69) is 29.9 Å². The Balaban J connectivity index is 1.59. The molecule has 0 spiro atoms. The summed E-state index contributed by atoms with van der Waals surface area (Å²) in [6.07, 6.45) is 5.43. The topological polar surface area (TPSA) is 92.6 Å². The Hall–Kier alpha value is -3.55. The molecule has 0 aliphatic carbocycles. The SMILES string of the molecule is O=c1[nH]cnc2c1CCN(c1ncnc3c1cnn3-c1ccccc1)C2. The lowest BCUT2D eigenvalue weighted by molar-refractivity contribution is 0.690. The van der Waals surface area contributed by atoms with Gasteiger partial charge in [-0.25, -0.2) is 19.6 Å². The summed E-state index contributed by atoms with van der Waals surface area (Å²) in [6.45, 7) is 1.24. The van der Waals surface area contributed by atoms with Gasteiger partial charge in [0.15, 0.2) is 5.65 Å². The first-order valence-corrected chi connectivity index (χ1v) is 8.36. The molecule has 0 fully saturated rings. The molecule has 0 atom stereocenters. The van der Waals surface area contributed by atoms with Crippen molar-refractivity contribution in [1.29, 1.82) is 0 Å². The van der Waals surface area contributed by atoms with Gasteiger partial charge in [0.05, 0.1) is 35.8 Å². The van der Waals surface area contributed by atoms with Crippen molar-refractivity contribution < 1.29 is 0 Å². The molecule has 0 bridgehead atoms. The highest BCUT2D eigenvalue weighted by Gasteiger charge is 2.23. The lowest BCUT2D eigenvalue weighted by Gasteiger charge is -2.28. The minimum Gasteiger partial charge on any atom is -0.350 e. The van der Waals surface area contributed by atoms with Gasteiger partial charge in [-0.3, -0.25) is 4.79 Å². The molecule has 8 nitrogen and oxygen atoms in total. The molecule has 26 heavy (non-hydrogen) atoms. The fourth-order valence-corrected chi connectivity index (χ4v) is 3.39. The molecule has 0 radical (unpaired) electrons. The summed E-state index contributed by atoms with van der Waals surface area (Å²) in [5.41, 5.74) is 3.20. The van der Waals surface area contributed by atoms with Crippen molar-refractivity contribution >= 4 is 16.9 Å². The van der Waals surface area contributed by atoms with Crippen LogP contribution in [0.5, 0.6) is 0 Å². The van der Waals surface area contributed by atoms with E-state index >= 15 is 0 Å². The van der Waals surface area contributed by atoms with Crippen LogP contribution in [-0.4, -0.2) is 36.3 Å². The number of hydrogen-bond donors (Lipinski definition) is 1. The van der Waals surface area contributed by atoms with Crippen LogP contribution >= 0.6 is 0 Å². The number of rotatable bonds is 2. The number of aromatic nitrogens is 6. The van der Waals surface area contributed by atoms with Gasteiger partial charge in [0.25, 0.3) is 5.56 Å². The van der Waals surface area contributed by atoms with Crippen LogP contribution in [-0.2, 0) is 13.0 Å². The van der Waals surface area contributed by atoms with Crippen molar-refractivity contribution in [2.75, 3.05) is 11.4 Å². The fourth-order valence-electron chi connectivity index (χ4n) is 3.39. The molecule has 1 aliphatic rings. The molecule has 3 aromatic heterocycles. The maximum atomic E-state index is 11.9. The van der Waals surface area contributed by atoms with Gasteiger partial charge in [-0.15, -0.1) is 0 Å². The molecule has 0 amide bonds. The number of benzene rings is 1. The van der Waals surface area contributed by atoms with Crippen molar-refractivity contribution in [3.63, 3.8) is 0 Å². The smallest absolute Gasteiger partial charge is 0.254 e. The number of fused-ring (bicyclic) bond motifs is 2. The predicted molar refractivity (Wildman–Crippen MR) is 96.3 cm³/mol. The quantitative estimate of drug-likeness (QED) is 0.591. The van der Waals surface area contributed by atoms with Crippen molar-refractivity contribution in [2.24, 2.45) is 0 Å². The third-order valence-electron chi connectivity index (χ3n) is 4.66. The summed E-state index contributed by atoms with van der Waals surface area (Å²) >= 11 is 0. The number of H-pyrrole nitrogens is 1. The van der Waals surface area contributed by atoms with E-state index in [1.807, 2.05) is 30.3 Å². The average Bonchev–Trinajstić information content (AvgIpc) is 3.13. The molecular formula is C18H15N7O. The summed E-state index contributed by atoms with van der Waals surface area (Å²) < 4.78 is 1.81. The maximum absolute atomic E-state index is 11.9. The molecular weight excluding hydrogens is 330 g/mol. The second-order valence-electron chi connectivity index (χ2n) is 6.15. The fraction of sp³-hybridized carbons (Fsp3) is 0.167. The van der Waals surface area contributed by atoms with E-state index in [-0.39, 0.29) is 5.56 Å². The number of nitrogens with one attached hydrogen (secondary N) is 1. The first kappa shape index (κ1) is 14.8. The van der Waals surface area contributed by atoms with Gasteiger partial charge in [-0.05, 0) is 18.6 Å². The standard InChI is InChI=1S/C18H15N7O/c26-18-13-6-7-24(9-15(13)19-10-22-18)16-14-8-23-25(17(14)21-11-20-16)12-4-2-1-3-5-12/h1-5,8,10-11H,6-7,9H2,(H,19,22,26). The highest BCUT2D eigenvalue weighted by atomic mass is 16.1. The molecule has 0 unspecified atom stereocenters. The van der Waals surface area contributed by atoms with E-state index < -0.39 is 0 Å². The Morgan fingerprint density at radius 1 is 1.08 bits per heavy atom. The molecule has 0 saturated carbocycles. The Labute approximate surface area is 148 Å². The van der Waals surface area contributed by atoms with Gasteiger partial charge in [-0.2, -0.15) is 5.10 Å². The average molecular weight is 345 g/mol. The number of aromatic amines is 1. The van der Waals surface area contributed by atoms with E-state index in [1.165, 1.54) is 6.33 Å². The van der Waals surface area contributed by atoms with Gasteiger partial charge < -0.3 is 9.88 Å². The first-order chi connectivity index (χ1) is 12.8. The third kappa shape index (κ3) is 2.26. The van der Waals surface area contributed by atoms with E-state index in [1.54, 1.807) is 17.2 Å². The predicted octanol–water partition coefficient (Wildman–Crippen LogP) is 1.46. The molecule has 5 rings (SSSR count). The van der Waals surface area contributed by atoms with Crippen LogP contribution in [0.3, 0.4) is 0 Å². The molecule has 4 aromatic rings. The lowest BCUT2D eigenvalue weighted by atomic mass is 10.1. The Bertz CT molecular complexity index is 1150. The zero-order chi connectivity index (χ0) is 17.5. The summed E-state index contributed by atoms with van der Waals surface area (Å²) in [5.74, 6) is 0.810. The lowest BCUT2D eigenvalue weighted by Crippen LogP contribution is -2.35. The Kier molecular flexibility index (Phi) is 3.27. The number of nitrogens with zero attached hydrogens (tertiary/aromatic N) is 6. The maximum Gasteiger partial charge on any atom is 0.254 e. The molecule has 0 saturated heterocycles. The van der Waals surface area contributed by atoms with Gasteiger partial charge in [0, 0.05) is 12.1 Å². The van der Waals surface area contributed by atoms with Gasteiger partial charge in [0.2, 0.25) is 0 Å². The van der Waals surface area contributed by atoms with Crippen molar-refractivity contribution in [1.82, 2.24) is 29.7 Å². The van der Waals surface area contributed by atoms with Crippen LogP contribution in [0.15, 0.2) is 54.0 Å². The number of hydrogen-bond acceptors (Lipinski definition) is 6. The van der Waals surface area contributed by atoms with Crippen LogP contribution in [0.25, 0.3) is 16.7 Å². The van der Waals surface area contributed by atoms with Crippen molar-refractivity contribution in [3.8, 4) is 5.69 Å². The molecule has 1 N–H and O–H groups in total. The highest BCUT2D eigenvalue weighted by Crippen LogP contribution is 2.27. The van der Waals surface area contributed by atoms with Crippen LogP contribution in [0.4, 0.5) is 5.82 Å². The minimum absolute atomic E-state index is 0.0561. The number of anilines is 1. The molecule has 1 aromatic carbocycles. The van der Waals surface area contributed by atoms with Crippen LogP contribution in [0.1, 0.15) is 11.3 Å². The monoisotopic (exact) mass is 345 g/mol. The van der Waals surface area contributed by atoms with E-state index in [0.717, 1.165) is 33.8 Å². The second kappa shape index (κ2) is 5.76. The van der Waals surface area contributed by atoms with Crippen molar-refractivity contribution in [3.05, 3.63) is 70.8 Å². The van der Waals surface area contributed by atoms with Gasteiger partial charge in [-0.1, -0.05) is 18.2 Å². The molecule has 128 valence electrons. The van der Waals surface area contributed by atoms with Crippen LogP contribution in [0.2, 0.25) is 0 Å².